The van der Waals surface area contributed by atoms with E-state index in [9.17, 15) is 8.42 Å². The minimum atomic E-state index is -3.67. The van der Waals surface area contributed by atoms with Crippen molar-refractivity contribution in [2.45, 2.75) is 31.2 Å². The van der Waals surface area contributed by atoms with Crippen molar-refractivity contribution < 1.29 is 8.42 Å². The van der Waals surface area contributed by atoms with Gasteiger partial charge in [-0.3, -0.25) is 4.98 Å². The molecule has 0 saturated carbocycles. The Labute approximate surface area is 142 Å². The van der Waals surface area contributed by atoms with Crippen molar-refractivity contribution in [1.82, 2.24) is 9.71 Å². The van der Waals surface area contributed by atoms with E-state index in [2.05, 4.69) is 9.71 Å². The van der Waals surface area contributed by atoms with Gasteiger partial charge in [-0.2, -0.15) is 0 Å². The molecule has 0 aliphatic rings. The number of sulfonamides is 1. The van der Waals surface area contributed by atoms with Gasteiger partial charge in [0.25, 0.3) is 0 Å². The second-order valence-electron chi connectivity index (χ2n) is 5.82. The normalized spacial score (nSPS) is 13.1. The molecule has 3 rings (SSSR count). The second-order valence-corrected chi connectivity index (χ2v) is 7.51. The van der Waals surface area contributed by atoms with Crippen LogP contribution in [-0.2, 0) is 10.0 Å². The van der Waals surface area contributed by atoms with Crippen molar-refractivity contribution in [3.8, 4) is 0 Å². The molecule has 1 aromatic heterocycles. The average Bonchev–Trinajstić information content (AvgIpc) is 2.60. The maximum absolute atomic E-state index is 12.9. The lowest BCUT2D eigenvalue weighted by Crippen LogP contribution is -2.28. The van der Waals surface area contributed by atoms with Crippen LogP contribution in [0.4, 0.5) is 0 Å². The fourth-order valence-corrected chi connectivity index (χ4v) is 4.22. The first kappa shape index (κ1) is 16.6. The lowest BCUT2D eigenvalue weighted by atomic mass is 10.0. The van der Waals surface area contributed by atoms with Crippen molar-refractivity contribution in [1.29, 1.82) is 0 Å². The number of nitrogens with one attached hydrogen (secondary N) is 1. The highest BCUT2D eigenvalue weighted by Crippen LogP contribution is 2.24. The van der Waals surface area contributed by atoms with E-state index in [1.165, 1.54) is 0 Å². The van der Waals surface area contributed by atoms with Gasteiger partial charge >= 0.3 is 0 Å². The summed E-state index contributed by atoms with van der Waals surface area (Å²) in [5.41, 5.74) is 2.60. The summed E-state index contributed by atoms with van der Waals surface area (Å²) in [5.74, 6) is 0. The summed E-state index contributed by atoms with van der Waals surface area (Å²) in [5, 5.41) is 0.809. The first-order valence-corrected chi connectivity index (χ1v) is 9.42. The molecule has 1 N–H and O–H groups in total. The van der Waals surface area contributed by atoms with Crippen molar-refractivity contribution in [2.75, 3.05) is 0 Å². The first-order chi connectivity index (χ1) is 11.5. The van der Waals surface area contributed by atoms with Crippen LogP contribution < -0.4 is 4.72 Å². The van der Waals surface area contributed by atoms with E-state index in [0.717, 1.165) is 16.5 Å². The van der Waals surface area contributed by atoms with E-state index in [-0.39, 0.29) is 10.9 Å². The zero-order valence-electron chi connectivity index (χ0n) is 13.7. The van der Waals surface area contributed by atoms with Gasteiger partial charge in [-0.25, -0.2) is 13.1 Å². The Morgan fingerprint density at radius 3 is 2.46 bits per heavy atom. The Kier molecular flexibility index (Phi) is 4.64. The van der Waals surface area contributed by atoms with Gasteiger partial charge in [0.1, 0.15) is 4.90 Å². The summed E-state index contributed by atoms with van der Waals surface area (Å²) >= 11 is 0. The Morgan fingerprint density at radius 1 is 1.04 bits per heavy atom. The molecule has 124 valence electrons. The Hall–Kier alpha value is -2.24. The first-order valence-electron chi connectivity index (χ1n) is 7.94. The highest BCUT2D eigenvalue weighted by Gasteiger charge is 2.22. The summed E-state index contributed by atoms with van der Waals surface area (Å²) in [6, 6.07) is 16.5. The Bertz CT molecular complexity index is 945. The number of rotatable bonds is 5. The van der Waals surface area contributed by atoms with Crippen molar-refractivity contribution in [2.24, 2.45) is 0 Å². The summed E-state index contributed by atoms with van der Waals surface area (Å²) < 4.78 is 28.6. The van der Waals surface area contributed by atoms with Gasteiger partial charge in [0.15, 0.2) is 0 Å². The maximum atomic E-state index is 12.9. The van der Waals surface area contributed by atoms with Crippen molar-refractivity contribution >= 4 is 20.9 Å². The standard InChI is InChI=1S/C19H20N2O2S/c1-3-17(15-11-9-14(2)10-12-15)21-24(22,23)18-8-4-6-16-7-5-13-20-19(16)18/h4-13,17,21H,3H2,1-2H3/t17-/m1/s1. The average molecular weight is 340 g/mol. The van der Waals surface area contributed by atoms with Gasteiger partial charge < -0.3 is 0 Å². The minimum absolute atomic E-state index is 0.214. The lowest BCUT2D eigenvalue weighted by Gasteiger charge is -2.18. The topological polar surface area (TPSA) is 59.1 Å². The second kappa shape index (κ2) is 6.71. The van der Waals surface area contributed by atoms with Crippen LogP contribution in [0.2, 0.25) is 0 Å². The molecule has 4 nitrogen and oxygen atoms in total. The van der Waals surface area contributed by atoms with Crippen LogP contribution in [0.25, 0.3) is 10.9 Å². The summed E-state index contributed by atoms with van der Waals surface area (Å²) in [6.07, 6.45) is 2.28. The smallest absolute Gasteiger partial charge is 0.243 e. The maximum Gasteiger partial charge on any atom is 0.243 e. The summed E-state index contributed by atoms with van der Waals surface area (Å²) in [4.78, 5) is 4.46. The lowest BCUT2D eigenvalue weighted by molar-refractivity contribution is 0.550. The van der Waals surface area contributed by atoms with Crippen LogP contribution in [0.15, 0.2) is 65.7 Å². The van der Waals surface area contributed by atoms with E-state index in [1.807, 2.05) is 50.2 Å². The zero-order chi connectivity index (χ0) is 17.2. The van der Waals surface area contributed by atoms with Gasteiger partial charge in [-0.15, -0.1) is 0 Å². The SMILES string of the molecule is CC[C@@H](NS(=O)(=O)c1cccc2cccnc12)c1ccc(C)cc1. The predicted octanol–water partition coefficient (Wildman–Crippen LogP) is 3.97. The number of fused-ring (bicyclic) bond motifs is 1. The van der Waals surface area contributed by atoms with Crippen LogP contribution in [-0.4, -0.2) is 13.4 Å². The minimum Gasteiger partial charge on any atom is -0.255 e. The van der Waals surface area contributed by atoms with Crippen LogP contribution in [0.5, 0.6) is 0 Å². The molecule has 0 amide bonds. The molecule has 0 aliphatic carbocycles. The summed E-state index contributed by atoms with van der Waals surface area (Å²) in [6.45, 7) is 3.98. The van der Waals surface area contributed by atoms with Crippen LogP contribution >= 0.6 is 0 Å². The van der Waals surface area contributed by atoms with Crippen molar-refractivity contribution in [3.05, 3.63) is 71.9 Å². The van der Waals surface area contributed by atoms with Gasteiger partial charge in [0.2, 0.25) is 10.0 Å². The summed E-state index contributed by atoms with van der Waals surface area (Å²) in [7, 11) is -3.67. The van der Waals surface area contributed by atoms with Gasteiger partial charge in [-0.1, -0.05) is 55.0 Å². The number of hydrogen-bond acceptors (Lipinski definition) is 3. The molecule has 0 bridgehead atoms. The number of nitrogens with zero attached hydrogens (tertiary/aromatic N) is 1. The fraction of sp³-hybridized carbons (Fsp3) is 0.211. The van der Waals surface area contributed by atoms with E-state index in [4.69, 9.17) is 0 Å². The monoisotopic (exact) mass is 340 g/mol. The molecular weight excluding hydrogens is 320 g/mol. The molecule has 5 heteroatoms. The molecule has 1 atom stereocenters. The number of benzene rings is 2. The molecule has 24 heavy (non-hydrogen) atoms. The zero-order valence-corrected chi connectivity index (χ0v) is 14.5. The Balaban J connectivity index is 1.99. The molecule has 0 saturated heterocycles. The fourth-order valence-electron chi connectivity index (χ4n) is 2.73. The third-order valence-electron chi connectivity index (χ3n) is 4.07. The largest absolute Gasteiger partial charge is 0.255 e. The van der Waals surface area contributed by atoms with Crippen LogP contribution in [0, 0.1) is 6.92 Å². The van der Waals surface area contributed by atoms with E-state index in [0.29, 0.717) is 11.9 Å². The van der Waals surface area contributed by atoms with E-state index < -0.39 is 10.0 Å². The molecule has 0 fully saturated rings. The number of aromatic nitrogens is 1. The van der Waals surface area contributed by atoms with E-state index >= 15 is 0 Å². The highest BCUT2D eigenvalue weighted by atomic mass is 32.2. The molecular formula is C19H20N2O2S. The Morgan fingerprint density at radius 2 is 1.75 bits per heavy atom. The quantitative estimate of drug-likeness (QED) is 0.764. The van der Waals surface area contributed by atoms with E-state index in [1.54, 1.807) is 24.4 Å². The number of para-hydroxylation sites is 1. The predicted molar refractivity (Wildman–Crippen MR) is 96.3 cm³/mol. The third-order valence-corrected chi connectivity index (χ3v) is 5.57. The van der Waals surface area contributed by atoms with Crippen LogP contribution in [0.3, 0.4) is 0 Å². The van der Waals surface area contributed by atoms with Gasteiger partial charge in [0.05, 0.1) is 5.52 Å². The van der Waals surface area contributed by atoms with Crippen molar-refractivity contribution in [3.63, 3.8) is 0 Å². The third kappa shape index (κ3) is 3.32. The number of pyridine rings is 1. The molecule has 0 spiro atoms. The molecule has 2 aromatic carbocycles. The number of aryl methyl sites for hydroxylation is 1. The molecule has 1 heterocycles. The van der Waals surface area contributed by atoms with Gasteiger partial charge in [-0.05, 0) is 31.0 Å². The number of hydrogen-bond donors (Lipinski definition) is 1. The molecule has 0 aliphatic heterocycles. The van der Waals surface area contributed by atoms with Crippen LogP contribution in [0.1, 0.15) is 30.5 Å². The van der Waals surface area contributed by atoms with Gasteiger partial charge in [0, 0.05) is 17.6 Å². The molecule has 0 unspecified atom stereocenters. The molecule has 0 radical (unpaired) electrons. The highest BCUT2D eigenvalue weighted by molar-refractivity contribution is 7.89. The molecule has 3 aromatic rings.